The van der Waals surface area contributed by atoms with Crippen molar-refractivity contribution in [2.45, 2.75) is 149 Å². The first-order valence-electron chi connectivity index (χ1n) is 18.7. The number of methoxy groups -OCH3 is 3. The summed E-state index contributed by atoms with van der Waals surface area (Å²) in [5, 5.41) is 11.9. The van der Waals surface area contributed by atoms with Crippen molar-refractivity contribution in [1.29, 1.82) is 0 Å². The Balaban J connectivity index is 1.72. The fourth-order valence-corrected chi connectivity index (χ4v) is 7.28. The van der Waals surface area contributed by atoms with Crippen molar-refractivity contribution in [2.75, 3.05) is 27.9 Å². The van der Waals surface area contributed by atoms with Crippen LogP contribution >= 0.6 is 0 Å². The molecule has 1 N–H and O–H groups in total. The van der Waals surface area contributed by atoms with Gasteiger partial charge in [-0.15, -0.1) is 0 Å². The van der Waals surface area contributed by atoms with Crippen molar-refractivity contribution >= 4 is 15.4 Å². The van der Waals surface area contributed by atoms with Gasteiger partial charge in [-0.2, -0.15) is 0 Å². The zero-order chi connectivity index (χ0) is 39.1. The molecule has 0 saturated carbocycles. The summed E-state index contributed by atoms with van der Waals surface area (Å²) in [7, 11) is 2.32. The zero-order valence-corrected chi connectivity index (χ0v) is 35.7. The lowest BCUT2D eigenvalue weighted by Gasteiger charge is -2.46. The number of aliphatic hydroxyl groups is 1. The van der Waals surface area contributed by atoms with Gasteiger partial charge < -0.3 is 42.2 Å². The first kappa shape index (κ1) is 44.4. The highest BCUT2D eigenvalue weighted by Crippen LogP contribution is 2.42. The molecular weight excluding hydrogens is 677 g/mol. The van der Waals surface area contributed by atoms with Crippen molar-refractivity contribution in [3.63, 3.8) is 0 Å². The predicted molar refractivity (Wildman–Crippen MR) is 209 cm³/mol. The summed E-state index contributed by atoms with van der Waals surface area (Å²) >= 11 is 0. The highest BCUT2D eigenvalue weighted by molar-refractivity contribution is 6.74. The van der Waals surface area contributed by atoms with E-state index in [9.17, 15) is 5.11 Å². The summed E-state index contributed by atoms with van der Waals surface area (Å²) in [6.45, 7) is 26.5. The molecule has 0 spiro atoms. The van der Waals surface area contributed by atoms with Gasteiger partial charge in [-0.25, -0.2) is 4.98 Å². The highest BCUT2D eigenvalue weighted by atomic mass is 28.4. The largest absolute Gasteiger partial charge is 0.497 e. The van der Waals surface area contributed by atoms with E-state index >= 15 is 0 Å². The van der Waals surface area contributed by atoms with Crippen LogP contribution in [0.4, 0.5) is 0 Å². The Morgan fingerprint density at radius 3 is 2.12 bits per heavy atom. The molecule has 1 aliphatic rings. The van der Waals surface area contributed by atoms with Crippen LogP contribution in [0, 0.1) is 11.3 Å². The Hall–Kier alpha value is -2.03. The number of ether oxygens (including phenoxy) is 4. The molecule has 1 fully saturated rings. The van der Waals surface area contributed by atoms with Crippen LogP contribution in [0.5, 0.6) is 5.75 Å². The lowest BCUT2D eigenvalue weighted by atomic mass is 9.76. The minimum atomic E-state index is -2.27. The summed E-state index contributed by atoms with van der Waals surface area (Å²) in [6, 6.07) is 7.85. The quantitative estimate of drug-likeness (QED) is 0.133. The van der Waals surface area contributed by atoms with E-state index in [-0.39, 0.29) is 29.3 Å². The third-order valence-corrected chi connectivity index (χ3v) is 16.1. The van der Waals surface area contributed by atoms with Gasteiger partial charge in [0.05, 0.1) is 49.8 Å². The van der Waals surface area contributed by atoms with Crippen molar-refractivity contribution in [2.24, 2.45) is 11.3 Å². The summed E-state index contributed by atoms with van der Waals surface area (Å²) in [5.41, 5.74) is 0.297. The van der Waals surface area contributed by atoms with Gasteiger partial charge in [0.2, 0.25) is 0 Å². The molecule has 52 heavy (non-hydrogen) atoms. The Kier molecular flexibility index (Phi) is 15.4. The molecule has 0 aliphatic carbocycles. The topological polar surface area (TPSA) is 111 Å². The summed E-state index contributed by atoms with van der Waals surface area (Å²) in [5.74, 6) is 3.33. The molecule has 1 saturated heterocycles. The number of hydrogen-bond acceptors (Lipinski definition) is 10. The molecule has 12 heteroatoms. The number of hydrogen-bond donors (Lipinski definition) is 1. The number of aliphatic hydroxyl groups excluding tert-OH is 1. The maximum absolute atomic E-state index is 11.9. The van der Waals surface area contributed by atoms with Crippen LogP contribution in [-0.4, -0.2) is 83.0 Å². The molecule has 1 aromatic heterocycles. The molecule has 1 aromatic carbocycles. The van der Waals surface area contributed by atoms with Gasteiger partial charge in [0.25, 0.3) is 0 Å². The van der Waals surface area contributed by atoms with E-state index in [0.717, 1.165) is 11.3 Å². The molecule has 5 atom stereocenters. The summed E-state index contributed by atoms with van der Waals surface area (Å²) < 4.78 is 48.4. The van der Waals surface area contributed by atoms with E-state index in [0.29, 0.717) is 44.1 Å². The highest BCUT2D eigenvalue weighted by Gasteiger charge is 2.50. The maximum Gasteiger partial charge on any atom is 0.486 e. The third-order valence-electron chi connectivity index (χ3n) is 11.6. The summed E-state index contributed by atoms with van der Waals surface area (Å²) in [4.78, 5) is 4.87. The molecular formula is C40H68BNO9Si. The van der Waals surface area contributed by atoms with E-state index in [1.807, 2.05) is 64.0 Å². The van der Waals surface area contributed by atoms with E-state index in [1.54, 1.807) is 27.6 Å². The average molecular weight is 746 g/mol. The lowest BCUT2D eigenvalue weighted by Crippen LogP contribution is -2.52. The van der Waals surface area contributed by atoms with Gasteiger partial charge in [-0.1, -0.05) is 65.7 Å². The van der Waals surface area contributed by atoms with Crippen LogP contribution in [0.1, 0.15) is 105 Å². The monoisotopic (exact) mass is 745 g/mol. The number of oxazole rings is 1. The Labute approximate surface area is 315 Å². The van der Waals surface area contributed by atoms with Crippen molar-refractivity contribution in [3.8, 4) is 5.75 Å². The first-order chi connectivity index (χ1) is 24.1. The molecule has 0 radical (unpaired) electrons. The van der Waals surface area contributed by atoms with Crippen LogP contribution in [0.2, 0.25) is 18.1 Å². The van der Waals surface area contributed by atoms with Crippen molar-refractivity contribution < 1.29 is 42.2 Å². The van der Waals surface area contributed by atoms with Crippen LogP contribution in [-0.2, 0) is 41.0 Å². The van der Waals surface area contributed by atoms with E-state index < -0.39 is 38.2 Å². The lowest BCUT2D eigenvalue weighted by molar-refractivity contribution is -0.0814. The zero-order valence-electron chi connectivity index (χ0n) is 34.7. The second kappa shape index (κ2) is 18.1. The second-order valence-electron chi connectivity index (χ2n) is 17.4. The van der Waals surface area contributed by atoms with Crippen LogP contribution in [0.25, 0.3) is 0 Å². The molecule has 2 heterocycles. The minimum absolute atomic E-state index is 0.0382. The van der Waals surface area contributed by atoms with Gasteiger partial charge in [0.1, 0.15) is 23.8 Å². The molecule has 2 aromatic rings. The standard InChI is InChI=1S/C40H68BNO9Si/c1-28(25-47-26-29-18-20-30(44-11)21-19-29)33(46-13)23-34(43)38(5,6)35(49-52(14,15)37(2,3)4)24-36-42-31(27-48-36)32(45-12)17-16-22-41-50-39(7,8)40(9,10)51-41/h16,18-22,27-28,32-35,43H,17,23-26H2,1-15H3/b22-16+/t28-,32-,33-,34-,35-/m0/s1. The smallest absolute Gasteiger partial charge is 0.486 e. The van der Waals surface area contributed by atoms with Crippen LogP contribution in [0.3, 0.4) is 0 Å². The molecule has 0 unspecified atom stereocenters. The SMILES string of the molecule is COc1ccc(COC[C@H](C)[C@H](C[C@H](O)C(C)(C)[C@H](Cc2nc([C@H](C/C=C/B3OC(C)(C)C(C)(C)O3)OC)co2)O[Si](C)(C)C(C)(C)C)OC)cc1. The van der Waals surface area contributed by atoms with Crippen LogP contribution < -0.4 is 4.74 Å². The van der Waals surface area contributed by atoms with E-state index in [1.165, 1.54) is 0 Å². The average Bonchev–Trinajstić information content (AvgIpc) is 3.60. The third kappa shape index (κ3) is 11.5. The first-order valence-corrected chi connectivity index (χ1v) is 21.6. The Morgan fingerprint density at radius 1 is 0.962 bits per heavy atom. The number of nitrogens with zero attached hydrogens (tertiary/aromatic N) is 1. The molecule has 0 amide bonds. The van der Waals surface area contributed by atoms with Gasteiger partial charge in [0, 0.05) is 38.4 Å². The Bertz CT molecular complexity index is 1390. The van der Waals surface area contributed by atoms with Gasteiger partial charge >= 0.3 is 7.12 Å². The normalized spacial score (nSPS) is 19.5. The van der Waals surface area contributed by atoms with Gasteiger partial charge in [-0.05, 0) is 69.9 Å². The maximum atomic E-state index is 11.9. The molecule has 0 bridgehead atoms. The van der Waals surface area contributed by atoms with Crippen molar-refractivity contribution in [3.05, 3.63) is 59.7 Å². The fraction of sp³-hybridized carbons (Fsp3) is 0.725. The predicted octanol–water partition coefficient (Wildman–Crippen LogP) is 8.53. The number of aromatic nitrogens is 1. The second-order valence-corrected chi connectivity index (χ2v) is 22.2. The van der Waals surface area contributed by atoms with Gasteiger partial charge in [0.15, 0.2) is 14.2 Å². The number of benzene rings is 1. The fourth-order valence-electron chi connectivity index (χ4n) is 5.82. The van der Waals surface area contributed by atoms with Crippen LogP contribution in [0.15, 0.2) is 47.0 Å². The van der Waals surface area contributed by atoms with Gasteiger partial charge in [-0.3, -0.25) is 0 Å². The van der Waals surface area contributed by atoms with E-state index in [4.69, 9.17) is 42.1 Å². The molecule has 294 valence electrons. The molecule has 10 nitrogen and oxygen atoms in total. The van der Waals surface area contributed by atoms with E-state index in [2.05, 4.69) is 54.6 Å². The Morgan fingerprint density at radius 2 is 1.58 bits per heavy atom. The number of rotatable bonds is 20. The summed E-state index contributed by atoms with van der Waals surface area (Å²) in [6.07, 6.45) is 3.40. The molecule has 3 rings (SSSR count). The molecule has 1 aliphatic heterocycles. The minimum Gasteiger partial charge on any atom is -0.497 e. The van der Waals surface area contributed by atoms with Crippen molar-refractivity contribution in [1.82, 2.24) is 4.98 Å².